The van der Waals surface area contributed by atoms with E-state index in [4.69, 9.17) is 9.47 Å². The van der Waals surface area contributed by atoms with Crippen LogP contribution in [0.2, 0.25) is 0 Å². The smallest absolute Gasteiger partial charge is 0.306 e. The van der Waals surface area contributed by atoms with Crippen LogP contribution in [0.3, 0.4) is 0 Å². The van der Waals surface area contributed by atoms with Crippen LogP contribution in [0.25, 0.3) is 10.8 Å². The van der Waals surface area contributed by atoms with Crippen molar-refractivity contribution in [2.45, 2.75) is 32.6 Å². The molecule has 194 valence electrons. The number of hydrogen-bond acceptors (Lipinski definition) is 5. The van der Waals surface area contributed by atoms with Crippen molar-refractivity contribution in [3.63, 3.8) is 0 Å². The number of fused-ring (bicyclic) bond motifs is 1. The minimum atomic E-state index is -0.521. The van der Waals surface area contributed by atoms with Gasteiger partial charge in [-0.2, -0.15) is 0 Å². The monoisotopic (exact) mass is 510 g/mol. The van der Waals surface area contributed by atoms with Crippen molar-refractivity contribution in [1.82, 2.24) is 0 Å². The van der Waals surface area contributed by atoms with Crippen molar-refractivity contribution in [2.24, 2.45) is 0 Å². The molecule has 0 aliphatic heterocycles. The summed E-state index contributed by atoms with van der Waals surface area (Å²) in [5.74, 6) is 0.255. The van der Waals surface area contributed by atoms with Gasteiger partial charge in [0.25, 0.3) is 5.91 Å². The lowest BCUT2D eigenvalue weighted by Gasteiger charge is -2.10. The van der Waals surface area contributed by atoms with Gasteiger partial charge in [-0.15, -0.1) is 0 Å². The molecule has 0 radical (unpaired) electrons. The topological polar surface area (TPSA) is 93.7 Å². The van der Waals surface area contributed by atoms with Crippen LogP contribution in [0, 0.1) is 0 Å². The molecular weight excluding hydrogens is 480 g/mol. The fourth-order valence-electron chi connectivity index (χ4n) is 3.95. The number of para-hydroxylation sites is 1. The van der Waals surface area contributed by atoms with E-state index in [-0.39, 0.29) is 25.4 Å². The number of nitrogens with one attached hydrogen (secondary N) is 2. The van der Waals surface area contributed by atoms with E-state index in [0.29, 0.717) is 23.5 Å². The predicted molar refractivity (Wildman–Crippen MR) is 148 cm³/mol. The Morgan fingerprint density at radius 1 is 0.711 bits per heavy atom. The van der Waals surface area contributed by atoms with Crippen LogP contribution in [0.4, 0.5) is 11.4 Å². The molecule has 4 aromatic rings. The normalized spacial score (nSPS) is 10.6. The summed E-state index contributed by atoms with van der Waals surface area (Å²) < 4.78 is 11.0. The van der Waals surface area contributed by atoms with Crippen LogP contribution in [0.1, 0.15) is 31.7 Å². The van der Waals surface area contributed by atoms with E-state index in [1.165, 1.54) is 0 Å². The lowest BCUT2D eigenvalue weighted by molar-refractivity contribution is -0.147. The van der Waals surface area contributed by atoms with Gasteiger partial charge in [0.2, 0.25) is 5.91 Å². The molecule has 0 unspecified atom stereocenters. The molecule has 0 bridgehead atoms. The van der Waals surface area contributed by atoms with Crippen molar-refractivity contribution in [1.29, 1.82) is 0 Å². The van der Waals surface area contributed by atoms with Gasteiger partial charge in [-0.05, 0) is 71.6 Å². The largest absolute Gasteiger partial charge is 0.457 e. The minimum absolute atomic E-state index is 0.0464. The molecule has 0 saturated heterocycles. The van der Waals surface area contributed by atoms with Crippen LogP contribution >= 0.6 is 0 Å². The van der Waals surface area contributed by atoms with E-state index < -0.39 is 11.9 Å². The van der Waals surface area contributed by atoms with Gasteiger partial charge in [0, 0.05) is 24.2 Å². The Kier molecular flexibility index (Phi) is 9.07. The number of amides is 2. The van der Waals surface area contributed by atoms with Gasteiger partial charge < -0.3 is 20.1 Å². The quantitative estimate of drug-likeness (QED) is 0.225. The van der Waals surface area contributed by atoms with Crippen LogP contribution in [-0.4, -0.2) is 24.4 Å². The Balaban J connectivity index is 1.15. The molecule has 38 heavy (non-hydrogen) atoms. The Morgan fingerprint density at radius 3 is 2.21 bits per heavy atom. The summed E-state index contributed by atoms with van der Waals surface area (Å²) in [5, 5.41) is 7.80. The fraction of sp³-hybridized carbons (Fsp3) is 0.194. The second kappa shape index (κ2) is 13.1. The summed E-state index contributed by atoms with van der Waals surface area (Å²) in [5.41, 5.74) is 2.35. The van der Waals surface area contributed by atoms with E-state index in [1.54, 1.807) is 24.3 Å². The van der Waals surface area contributed by atoms with Crippen molar-refractivity contribution in [3.8, 4) is 11.5 Å². The number of anilines is 2. The molecular formula is C31H30N2O5. The Labute approximate surface area is 221 Å². The number of aryl methyl sites for hydroxylation is 1. The van der Waals surface area contributed by atoms with E-state index in [1.807, 2.05) is 73.7 Å². The van der Waals surface area contributed by atoms with Crippen LogP contribution < -0.4 is 15.4 Å². The number of esters is 1. The third kappa shape index (κ3) is 7.67. The highest BCUT2D eigenvalue weighted by atomic mass is 16.5. The molecule has 0 aliphatic carbocycles. The zero-order valence-corrected chi connectivity index (χ0v) is 21.2. The van der Waals surface area contributed by atoms with Gasteiger partial charge in [0.1, 0.15) is 11.5 Å². The highest BCUT2D eigenvalue weighted by Gasteiger charge is 2.11. The second-order valence-electron chi connectivity index (χ2n) is 8.76. The molecule has 4 aromatic carbocycles. The molecule has 0 atom stereocenters. The Bertz CT molecular complexity index is 1420. The SMILES string of the molecule is CCc1ccccc1NC(=O)COC(=O)CCCC(=O)Nc1ccc(Oc2ccc3ccccc3c2)cc1. The first-order valence-corrected chi connectivity index (χ1v) is 12.6. The van der Waals surface area contributed by atoms with Crippen LogP contribution in [0.5, 0.6) is 11.5 Å². The van der Waals surface area contributed by atoms with Crippen molar-refractivity contribution in [2.75, 3.05) is 17.2 Å². The molecule has 2 N–H and O–H groups in total. The molecule has 0 fully saturated rings. The predicted octanol–water partition coefficient (Wildman–Crippen LogP) is 6.49. The first-order chi connectivity index (χ1) is 18.5. The van der Waals surface area contributed by atoms with E-state index >= 15 is 0 Å². The van der Waals surface area contributed by atoms with Gasteiger partial charge in [0.05, 0.1) is 0 Å². The molecule has 7 nitrogen and oxygen atoms in total. The minimum Gasteiger partial charge on any atom is -0.457 e. The maximum Gasteiger partial charge on any atom is 0.306 e. The number of carbonyl (C=O) groups excluding carboxylic acids is 3. The molecule has 2 amide bonds. The van der Waals surface area contributed by atoms with E-state index in [2.05, 4.69) is 10.6 Å². The lowest BCUT2D eigenvalue weighted by Crippen LogP contribution is -2.21. The van der Waals surface area contributed by atoms with Crippen LogP contribution in [-0.2, 0) is 25.5 Å². The molecule has 4 rings (SSSR count). The third-order valence-corrected chi connectivity index (χ3v) is 5.92. The molecule has 0 saturated carbocycles. The molecule has 7 heteroatoms. The van der Waals surface area contributed by atoms with Gasteiger partial charge in [-0.3, -0.25) is 14.4 Å². The summed E-state index contributed by atoms with van der Waals surface area (Å²) in [6.45, 7) is 1.63. The van der Waals surface area contributed by atoms with Gasteiger partial charge >= 0.3 is 5.97 Å². The first-order valence-electron chi connectivity index (χ1n) is 12.6. The maximum atomic E-state index is 12.3. The molecule has 0 heterocycles. The molecule has 0 aliphatic rings. The van der Waals surface area contributed by atoms with Crippen molar-refractivity contribution in [3.05, 3.63) is 96.6 Å². The van der Waals surface area contributed by atoms with E-state index in [9.17, 15) is 14.4 Å². The fourth-order valence-corrected chi connectivity index (χ4v) is 3.95. The van der Waals surface area contributed by atoms with Crippen LogP contribution in [0.15, 0.2) is 91.0 Å². The van der Waals surface area contributed by atoms with Gasteiger partial charge in [-0.25, -0.2) is 0 Å². The third-order valence-electron chi connectivity index (χ3n) is 5.92. The van der Waals surface area contributed by atoms with E-state index in [0.717, 1.165) is 28.5 Å². The Morgan fingerprint density at radius 2 is 1.42 bits per heavy atom. The lowest BCUT2D eigenvalue weighted by atomic mass is 10.1. The average Bonchev–Trinajstić information content (AvgIpc) is 2.93. The summed E-state index contributed by atoms with van der Waals surface area (Å²) in [6, 6.07) is 28.5. The summed E-state index contributed by atoms with van der Waals surface area (Å²) in [7, 11) is 0. The number of rotatable bonds is 11. The standard InChI is InChI=1S/C31H30N2O5/c1-2-22-8-5-6-11-28(22)33-30(35)21-37-31(36)13-7-12-29(34)32-25-15-18-26(19-16-25)38-27-17-14-23-9-3-4-10-24(23)20-27/h3-6,8-11,14-20H,2,7,12-13,21H2,1H3,(H,32,34)(H,33,35). The highest BCUT2D eigenvalue weighted by molar-refractivity contribution is 5.93. The second-order valence-corrected chi connectivity index (χ2v) is 8.76. The number of ether oxygens (including phenoxy) is 2. The Hall–Kier alpha value is -4.65. The van der Waals surface area contributed by atoms with Crippen molar-refractivity contribution >= 4 is 39.9 Å². The molecule has 0 aromatic heterocycles. The number of hydrogen-bond donors (Lipinski definition) is 2. The summed E-state index contributed by atoms with van der Waals surface area (Å²) >= 11 is 0. The summed E-state index contributed by atoms with van der Waals surface area (Å²) in [4.78, 5) is 36.3. The molecule has 0 spiro atoms. The van der Waals surface area contributed by atoms with Crippen molar-refractivity contribution < 1.29 is 23.9 Å². The summed E-state index contributed by atoms with van der Waals surface area (Å²) in [6.07, 6.45) is 1.29. The zero-order valence-electron chi connectivity index (χ0n) is 21.2. The highest BCUT2D eigenvalue weighted by Crippen LogP contribution is 2.26. The van der Waals surface area contributed by atoms with Gasteiger partial charge in [0.15, 0.2) is 6.61 Å². The number of benzene rings is 4. The van der Waals surface area contributed by atoms with Gasteiger partial charge in [-0.1, -0.05) is 55.5 Å². The average molecular weight is 511 g/mol. The first kappa shape index (κ1) is 26.4. The zero-order chi connectivity index (χ0) is 26.7. The number of carbonyl (C=O) groups is 3. The maximum absolute atomic E-state index is 12.3.